The van der Waals surface area contributed by atoms with Gasteiger partial charge in [0.15, 0.2) is 5.76 Å². The first-order valence-corrected chi connectivity index (χ1v) is 10.5. The maximum atomic E-state index is 6.44. The third-order valence-electron chi connectivity index (χ3n) is 5.53. The first-order valence-electron chi connectivity index (χ1n) is 10.5. The second kappa shape index (κ2) is 8.45. The number of benzene rings is 4. The molecule has 0 fully saturated rings. The van der Waals surface area contributed by atoms with Gasteiger partial charge in [0, 0.05) is 11.1 Å². The van der Waals surface area contributed by atoms with Crippen LogP contribution in [-0.4, -0.2) is 4.98 Å². The Bertz CT molecular complexity index is 1220. The Balaban J connectivity index is 1.75. The van der Waals surface area contributed by atoms with E-state index in [9.17, 15) is 0 Å². The quantitative estimate of drug-likeness (QED) is 0.305. The van der Waals surface area contributed by atoms with Crippen LogP contribution in [-0.2, 0) is 0 Å². The third kappa shape index (κ3) is 3.93. The predicted molar refractivity (Wildman–Crippen MR) is 126 cm³/mol. The van der Waals surface area contributed by atoms with E-state index in [1.807, 2.05) is 42.5 Å². The summed E-state index contributed by atoms with van der Waals surface area (Å²) in [4.78, 5) is 5.07. The smallest absolute Gasteiger partial charge is 0.227 e. The van der Waals surface area contributed by atoms with Crippen LogP contribution >= 0.6 is 0 Å². The molecule has 5 aromatic rings. The van der Waals surface area contributed by atoms with Gasteiger partial charge in [-0.2, -0.15) is 0 Å². The summed E-state index contributed by atoms with van der Waals surface area (Å²) in [5.41, 5.74) is 6.54. The van der Waals surface area contributed by atoms with Crippen LogP contribution in [0.15, 0.2) is 120 Å². The van der Waals surface area contributed by atoms with Gasteiger partial charge < -0.3 is 4.42 Å². The van der Waals surface area contributed by atoms with Crippen LogP contribution in [0.25, 0.3) is 22.8 Å². The molecular formula is C29H23NO. The Morgan fingerprint density at radius 2 is 1.10 bits per heavy atom. The number of oxazole rings is 1. The minimum absolute atomic E-state index is 0.0279. The maximum Gasteiger partial charge on any atom is 0.227 e. The summed E-state index contributed by atoms with van der Waals surface area (Å²) in [6, 6.07) is 39.6. The van der Waals surface area contributed by atoms with E-state index in [1.54, 1.807) is 0 Å². The van der Waals surface area contributed by atoms with Crippen LogP contribution in [0.3, 0.4) is 0 Å². The molecule has 31 heavy (non-hydrogen) atoms. The van der Waals surface area contributed by atoms with Gasteiger partial charge in [-0.3, -0.25) is 0 Å². The number of hydrogen-bond acceptors (Lipinski definition) is 2. The van der Waals surface area contributed by atoms with Crippen molar-refractivity contribution < 1.29 is 4.42 Å². The topological polar surface area (TPSA) is 26.0 Å². The van der Waals surface area contributed by atoms with Crippen molar-refractivity contribution in [3.05, 3.63) is 138 Å². The van der Waals surface area contributed by atoms with Crippen LogP contribution in [0.2, 0.25) is 0 Å². The lowest BCUT2D eigenvalue weighted by Gasteiger charge is -2.17. The molecule has 5 rings (SSSR count). The summed E-state index contributed by atoms with van der Waals surface area (Å²) < 4.78 is 6.44. The van der Waals surface area contributed by atoms with Crippen molar-refractivity contribution in [2.75, 3.05) is 0 Å². The molecule has 150 valence electrons. The molecule has 0 spiro atoms. The lowest BCUT2D eigenvalue weighted by atomic mass is 9.87. The molecule has 0 aliphatic carbocycles. The van der Waals surface area contributed by atoms with E-state index >= 15 is 0 Å². The fraction of sp³-hybridized carbons (Fsp3) is 0.0690. The summed E-state index contributed by atoms with van der Waals surface area (Å²) in [5, 5.41) is 0. The highest BCUT2D eigenvalue weighted by Crippen LogP contribution is 2.40. The van der Waals surface area contributed by atoms with Crippen LogP contribution in [0.1, 0.15) is 28.3 Å². The minimum Gasteiger partial charge on any atom is -0.436 e. The Morgan fingerprint density at radius 1 is 0.581 bits per heavy atom. The Hall–Kier alpha value is -3.91. The fourth-order valence-corrected chi connectivity index (χ4v) is 3.94. The summed E-state index contributed by atoms with van der Waals surface area (Å²) in [6.07, 6.45) is 0. The third-order valence-corrected chi connectivity index (χ3v) is 5.53. The van der Waals surface area contributed by atoms with E-state index in [1.165, 1.54) is 16.7 Å². The standard InChI is InChI=1S/C29H23NO/c1-21-17-19-24(20-18-21)28-27(30-29(31-28)25-15-9-4-10-16-25)26(22-11-5-2-6-12-22)23-13-7-3-8-14-23/h2-20,26H,1H3. The van der Waals surface area contributed by atoms with Crippen LogP contribution in [0.4, 0.5) is 0 Å². The number of nitrogens with zero attached hydrogens (tertiary/aromatic N) is 1. The van der Waals surface area contributed by atoms with E-state index in [4.69, 9.17) is 9.40 Å². The zero-order chi connectivity index (χ0) is 21.0. The first kappa shape index (κ1) is 19.1. The average Bonchev–Trinajstić information content (AvgIpc) is 3.27. The molecule has 0 amide bonds. The van der Waals surface area contributed by atoms with Gasteiger partial charge in [-0.25, -0.2) is 4.98 Å². The van der Waals surface area contributed by atoms with E-state index in [0.29, 0.717) is 5.89 Å². The number of aryl methyl sites for hydroxylation is 1. The molecule has 1 aromatic heterocycles. The summed E-state index contributed by atoms with van der Waals surface area (Å²) >= 11 is 0. The van der Waals surface area contributed by atoms with Crippen molar-refractivity contribution >= 4 is 0 Å². The Kier molecular flexibility index (Phi) is 5.20. The molecule has 0 N–H and O–H groups in total. The molecule has 0 bridgehead atoms. The zero-order valence-electron chi connectivity index (χ0n) is 17.4. The molecule has 0 radical (unpaired) electrons. The van der Waals surface area contributed by atoms with Gasteiger partial charge in [0.2, 0.25) is 5.89 Å². The highest BCUT2D eigenvalue weighted by molar-refractivity contribution is 5.67. The monoisotopic (exact) mass is 401 g/mol. The Morgan fingerprint density at radius 3 is 1.65 bits per heavy atom. The van der Waals surface area contributed by atoms with Crippen molar-refractivity contribution in [3.63, 3.8) is 0 Å². The molecule has 2 nitrogen and oxygen atoms in total. The summed E-state index contributed by atoms with van der Waals surface area (Å²) in [5.74, 6) is 1.43. The molecule has 0 aliphatic rings. The van der Waals surface area contributed by atoms with Gasteiger partial charge >= 0.3 is 0 Å². The number of aromatic nitrogens is 1. The molecular weight excluding hydrogens is 378 g/mol. The van der Waals surface area contributed by atoms with Crippen molar-refractivity contribution in [1.29, 1.82) is 0 Å². The van der Waals surface area contributed by atoms with Crippen LogP contribution < -0.4 is 0 Å². The highest BCUT2D eigenvalue weighted by Gasteiger charge is 2.26. The van der Waals surface area contributed by atoms with E-state index in [0.717, 1.165) is 22.6 Å². The Labute approximate surface area is 182 Å². The second-order valence-corrected chi connectivity index (χ2v) is 7.72. The van der Waals surface area contributed by atoms with Crippen molar-refractivity contribution in [2.24, 2.45) is 0 Å². The lowest BCUT2D eigenvalue weighted by molar-refractivity contribution is 0.587. The first-order chi connectivity index (χ1) is 15.3. The summed E-state index contributed by atoms with van der Waals surface area (Å²) in [7, 11) is 0. The van der Waals surface area contributed by atoms with Crippen LogP contribution in [0.5, 0.6) is 0 Å². The zero-order valence-corrected chi connectivity index (χ0v) is 17.4. The fourth-order valence-electron chi connectivity index (χ4n) is 3.94. The largest absolute Gasteiger partial charge is 0.436 e. The van der Waals surface area contributed by atoms with Gasteiger partial charge in [0.1, 0.15) is 0 Å². The molecule has 0 atom stereocenters. The average molecular weight is 402 g/mol. The van der Waals surface area contributed by atoms with Gasteiger partial charge in [0.05, 0.1) is 11.6 Å². The molecule has 0 unspecified atom stereocenters. The molecule has 4 aromatic carbocycles. The number of hydrogen-bond donors (Lipinski definition) is 0. The van der Waals surface area contributed by atoms with Gasteiger partial charge in [-0.05, 0) is 30.2 Å². The lowest BCUT2D eigenvalue weighted by Crippen LogP contribution is -2.05. The molecule has 1 heterocycles. The van der Waals surface area contributed by atoms with E-state index in [2.05, 4.69) is 79.7 Å². The molecule has 0 saturated heterocycles. The molecule has 0 saturated carbocycles. The highest BCUT2D eigenvalue weighted by atomic mass is 16.4. The summed E-state index contributed by atoms with van der Waals surface area (Å²) in [6.45, 7) is 2.09. The maximum absolute atomic E-state index is 6.44. The second-order valence-electron chi connectivity index (χ2n) is 7.72. The van der Waals surface area contributed by atoms with Gasteiger partial charge in [-0.15, -0.1) is 0 Å². The van der Waals surface area contributed by atoms with Gasteiger partial charge in [-0.1, -0.05) is 109 Å². The van der Waals surface area contributed by atoms with Crippen molar-refractivity contribution in [2.45, 2.75) is 12.8 Å². The minimum atomic E-state index is -0.0279. The van der Waals surface area contributed by atoms with Crippen LogP contribution in [0, 0.1) is 6.92 Å². The number of rotatable bonds is 5. The van der Waals surface area contributed by atoms with E-state index < -0.39 is 0 Å². The molecule has 2 heteroatoms. The van der Waals surface area contributed by atoms with Crippen molar-refractivity contribution in [3.8, 4) is 22.8 Å². The molecule has 0 aliphatic heterocycles. The van der Waals surface area contributed by atoms with E-state index in [-0.39, 0.29) is 5.92 Å². The predicted octanol–water partition coefficient (Wildman–Crippen LogP) is 7.50. The normalized spacial score (nSPS) is 11.0. The van der Waals surface area contributed by atoms with Gasteiger partial charge in [0.25, 0.3) is 0 Å². The van der Waals surface area contributed by atoms with Crippen molar-refractivity contribution in [1.82, 2.24) is 4.98 Å². The SMILES string of the molecule is Cc1ccc(-c2oc(-c3ccccc3)nc2C(c2ccccc2)c2ccccc2)cc1.